The minimum absolute atomic E-state index is 0. The second-order valence-corrected chi connectivity index (χ2v) is 6.22. The molecule has 5 nitrogen and oxygen atoms in total. The summed E-state index contributed by atoms with van der Waals surface area (Å²) in [6.45, 7) is 10.4. The van der Waals surface area contributed by atoms with Crippen molar-refractivity contribution in [3.05, 3.63) is 30.3 Å². The van der Waals surface area contributed by atoms with Gasteiger partial charge in [-0.1, -0.05) is 25.1 Å². The molecule has 6 heteroatoms. The predicted molar refractivity (Wildman–Crippen MR) is 119 cm³/mol. The fraction of sp³-hybridized carbons (Fsp3) is 0.632. The van der Waals surface area contributed by atoms with E-state index in [0.717, 1.165) is 45.1 Å². The molecule has 25 heavy (non-hydrogen) atoms. The molecule has 0 aromatic heterocycles. The van der Waals surface area contributed by atoms with Crippen molar-refractivity contribution in [3.63, 3.8) is 0 Å². The average Bonchev–Trinajstić information content (AvgIpc) is 3.07. The molecule has 0 saturated carbocycles. The van der Waals surface area contributed by atoms with Crippen LogP contribution >= 0.6 is 24.0 Å². The van der Waals surface area contributed by atoms with Crippen molar-refractivity contribution in [2.45, 2.75) is 39.2 Å². The fourth-order valence-electron chi connectivity index (χ4n) is 3.14. The van der Waals surface area contributed by atoms with E-state index in [1.54, 1.807) is 0 Å². The second-order valence-electron chi connectivity index (χ2n) is 6.22. The van der Waals surface area contributed by atoms with E-state index in [9.17, 15) is 0 Å². The molecule has 1 unspecified atom stereocenters. The van der Waals surface area contributed by atoms with Crippen molar-refractivity contribution in [1.82, 2.24) is 15.5 Å². The molecule has 0 spiro atoms. The lowest BCUT2D eigenvalue weighted by Crippen LogP contribution is -2.40. The highest BCUT2D eigenvalue weighted by atomic mass is 127. The van der Waals surface area contributed by atoms with Crippen LogP contribution in [-0.2, 0) is 0 Å². The van der Waals surface area contributed by atoms with Crippen LogP contribution in [0.4, 0.5) is 5.69 Å². The normalized spacial score (nSPS) is 17.8. The molecule has 2 rings (SSSR count). The topological polar surface area (TPSA) is 51.7 Å². The van der Waals surface area contributed by atoms with E-state index >= 15 is 0 Å². The van der Waals surface area contributed by atoms with E-state index in [2.05, 4.69) is 59.0 Å². The third-order valence-corrected chi connectivity index (χ3v) is 4.46. The van der Waals surface area contributed by atoms with Gasteiger partial charge in [-0.25, -0.2) is 0 Å². The Balaban J connectivity index is 0.00000312. The lowest BCUT2D eigenvalue weighted by atomic mass is 10.2. The molecule has 1 atom stereocenters. The number of para-hydroxylation sites is 1. The number of likely N-dealkylation sites (tertiary alicyclic amines) is 1. The number of anilines is 1. The first-order valence-corrected chi connectivity index (χ1v) is 9.38. The van der Waals surface area contributed by atoms with E-state index in [4.69, 9.17) is 4.99 Å². The number of aliphatic imine (C=N–C) groups is 1. The molecular weight excluding hydrogens is 425 g/mol. The van der Waals surface area contributed by atoms with Gasteiger partial charge in [-0.15, -0.1) is 24.0 Å². The highest BCUT2D eigenvalue weighted by molar-refractivity contribution is 14.0. The number of rotatable bonds is 9. The van der Waals surface area contributed by atoms with Crippen LogP contribution in [0, 0.1) is 0 Å². The van der Waals surface area contributed by atoms with Gasteiger partial charge < -0.3 is 16.0 Å². The van der Waals surface area contributed by atoms with Gasteiger partial charge >= 0.3 is 0 Å². The van der Waals surface area contributed by atoms with Gasteiger partial charge in [0, 0.05) is 31.4 Å². The molecule has 1 aliphatic heterocycles. The van der Waals surface area contributed by atoms with Gasteiger partial charge in [-0.05, 0) is 51.4 Å². The number of guanidine groups is 1. The third kappa shape index (κ3) is 8.27. The van der Waals surface area contributed by atoms with Gasteiger partial charge in [0.05, 0.1) is 6.54 Å². The zero-order valence-electron chi connectivity index (χ0n) is 15.6. The zero-order chi connectivity index (χ0) is 17.0. The smallest absolute Gasteiger partial charge is 0.191 e. The predicted octanol–water partition coefficient (Wildman–Crippen LogP) is 3.15. The molecule has 1 heterocycles. The van der Waals surface area contributed by atoms with Gasteiger partial charge in [-0.3, -0.25) is 9.89 Å². The van der Waals surface area contributed by atoms with Gasteiger partial charge in [0.2, 0.25) is 0 Å². The summed E-state index contributed by atoms with van der Waals surface area (Å²) in [4.78, 5) is 7.32. The Morgan fingerprint density at radius 2 is 1.96 bits per heavy atom. The lowest BCUT2D eigenvalue weighted by Gasteiger charge is -2.21. The number of hydrogen-bond donors (Lipinski definition) is 3. The molecule has 1 saturated heterocycles. The first-order chi connectivity index (χ1) is 11.8. The minimum atomic E-state index is 0. The Bertz CT molecular complexity index is 480. The molecule has 1 aromatic carbocycles. The van der Waals surface area contributed by atoms with Crippen LogP contribution in [0.3, 0.4) is 0 Å². The van der Waals surface area contributed by atoms with Crippen LogP contribution < -0.4 is 16.0 Å². The average molecular weight is 459 g/mol. The first-order valence-electron chi connectivity index (χ1n) is 9.38. The van der Waals surface area contributed by atoms with Crippen LogP contribution in [0.2, 0.25) is 0 Å². The van der Waals surface area contributed by atoms with Crippen LogP contribution in [0.1, 0.15) is 33.1 Å². The number of nitrogens with one attached hydrogen (secondary N) is 3. The number of hydrogen-bond acceptors (Lipinski definition) is 3. The lowest BCUT2D eigenvalue weighted by molar-refractivity contribution is 0.273. The summed E-state index contributed by atoms with van der Waals surface area (Å²) in [6, 6.07) is 11.0. The summed E-state index contributed by atoms with van der Waals surface area (Å²) in [6.07, 6.45) is 3.64. The summed E-state index contributed by atoms with van der Waals surface area (Å²) < 4.78 is 0. The Morgan fingerprint density at radius 1 is 1.16 bits per heavy atom. The minimum Gasteiger partial charge on any atom is -0.385 e. The summed E-state index contributed by atoms with van der Waals surface area (Å²) in [7, 11) is 0. The maximum Gasteiger partial charge on any atom is 0.191 e. The Labute approximate surface area is 170 Å². The Kier molecular flexibility index (Phi) is 11.6. The van der Waals surface area contributed by atoms with Gasteiger partial charge in [0.15, 0.2) is 5.96 Å². The van der Waals surface area contributed by atoms with E-state index < -0.39 is 0 Å². The monoisotopic (exact) mass is 459 g/mol. The van der Waals surface area contributed by atoms with Crippen LogP contribution in [0.15, 0.2) is 35.3 Å². The Hall–Kier alpha value is -1.02. The number of likely N-dealkylation sites (N-methyl/N-ethyl adjacent to an activating group) is 1. The van der Waals surface area contributed by atoms with E-state index in [-0.39, 0.29) is 24.0 Å². The standard InChI is InChI=1S/C19H33N5.HI/c1-3-20-19(23-16-18-12-8-15-24(18)4-2)22-14-9-13-21-17-10-6-5-7-11-17;/h5-7,10-11,18,21H,3-4,8-9,12-16H2,1-2H3,(H2,20,22,23);1H. The molecule has 0 amide bonds. The molecule has 0 radical (unpaired) electrons. The summed E-state index contributed by atoms with van der Waals surface area (Å²) in [5, 5.41) is 10.2. The zero-order valence-corrected chi connectivity index (χ0v) is 18.0. The highest BCUT2D eigenvalue weighted by Gasteiger charge is 2.22. The molecule has 0 bridgehead atoms. The molecule has 1 aromatic rings. The van der Waals surface area contributed by atoms with Crippen molar-refractivity contribution >= 4 is 35.6 Å². The maximum atomic E-state index is 4.78. The second kappa shape index (κ2) is 13.2. The molecule has 142 valence electrons. The van der Waals surface area contributed by atoms with Gasteiger partial charge in [-0.2, -0.15) is 0 Å². The molecule has 0 aliphatic carbocycles. The van der Waals surface area contributed by atoms with Gasteiger partial charge in [0.1, 0.15) is 0 Å². The summed E-state index contributed by atoms with van der Waals surface area (Å²) in [5.74, 6) is 0.945. The van der Waals surface area contributed by atoms with Crippen molar-refractivity contribution < 1.29 is 0 Å². The summed E-state index contributed by atoms with van der Waals surface area (Å²) in [5.41, 5.74) is 1.18. The van der Waals surface area contributed by atoms with Crippen molar-refractivity contribution in [2.24, 2.45) is 4.99 Å². The van der Waals surface area contributed by atoms with E-state index in [1.807, 2.05) is 6.07 Å². The van der Waals surface area contributed by atoms with Crippen LogP contribution in [-0.4, -0.2) is 56.2 Å². The largest absolute Gasteiger partial charge is 0.385 e. The molecule has 3 N–H and O–H groups in total. The molecule has 1 fully saturated rings. The van der Waals surface area contributed by atoms with Crippen LogP contribution in [0.25, 0.3) is 0 Å². The quantitative estimate of drug-likeness (QED) is 0.230. The molecule has 1 aliphatic rings. The van der Waals surface area contributed by atoms with Crippen molar-refractivity contribution in [3.8, 4) is 0 Å². The van der Waals surface area contributed by atoms with E-state index in [0.29, 0.717) is 6.04 Å². The number of benzene rings is 1. The maximum absolute atomic E-state index is 4.78. The van der Waals surface area contributed by atoms with Crippen molar-refractivity contribution in [2.75, 3.05) is 44.6 Å². The van der Waals surface area contributed by atoms with E-state index in [1.165, 1.54) is 25.1 Å². The van der Waals surface area contributed by atoms with Gasteiger partial charge in [0.25, 0.3) is 0 Å². The number of halogens is 1. The first kappa shape index (κ1) is 22.0. The SMILES string of the molecule is CCNC(=NCC1CCCN1CC)NCCCNc1ccccc1.I. The number of nitrogens with zero attached hydrogens (tertiary/aromatic N) is 2. The van der Waals surface area contributed by atoms with Crippen molar-refractivity contribution in [1.29, 1.82) is 0 Å². The third-order valence-electron chi connectivity index (χ3n) is 4.46. The summed E-state index contributed by atoms with van der Waals surface area (Å²) >= 11 is 0. The fourth-order valence-corrected chi connectivity index (χ4v) is 3.14. The van der Waals surface area contributed by atoms with Crippen LogP contribution in [0.5, 0.6) is 0 Å². The highest BCUT2D eigenvalue weighted by Crippen LogP contribution is 2.16. The molecular formula is C19H34IN5. The Morgan fingerprint density at radius 3 is 2.68 bits per heavy atom.